The van der Waals surface area contributed by atoms with Gasteiger partial charge in [0.1, 0.15) is 12.4 Å². The first-order valence-corrected chi connectivity index (χ1v) is 10.5. The Morgan fingerprint density at radius 1 is 1.10 bits per heavy atom. The van der Waals surface area contributed by atoms with E-state index in [0.717, 1.165) is 49.9 Å². The number of carbonyl (C=O) groups is 2. The lowest BCUT2D eigenvalue weighted by molar-refractivity contribution is -0.124. The van der Waals surface area contributed by atoms with Crippen molar-refractivity contribution in [2.45, 2.75) is 37.1 Å². The van der Waals surface area contributed by atoms with Crippen molar-refractivity contribution >= 4 is 12.2 Å². The number of carbonyl (C=O) groups excluding carboxylic acids is 2. The molecule has 1 N–H and O–H groups in total. The van der Waals surface area contributed by atoms with Crippen LogP contribution < -0.4 is 10.1 Å². The highest BCUT2D eigenvalue weighted by Crippen LogP contribution is 2.49. The van der Waals surface area contributed by atoms with Gasteiger partial charge >= 0.3 is 0 Å². The van der Waals surface area contributed by atoms with Crippen molar-refractivity contribution in [1.82, 2.24) is 10.2 Å². The van der Waals surface area contributed by atoms with Gasteiger partial charge in [-0.25, -0.2) is 0 Å². The molecule has 1 amide bonds. The minimum atomic E-state index is -0.488. The number of likely N-dealkylation sites (tertiary alicyclic amines) is 1. The molecule has 1 aliphatic carbocycles. The molecule has 152 valence electrons. The number of amides is 1. The van der Waals surface area contributed by atoms with Gasteiger partial charge in [0.2, 0.25) is 5.91 Å². The third-order valence-electron chi connectivity index (χ3n) is 6.04. The van der Waals surface area contributed by atoms with Gasteiger partial charge in [-0.05, 0) is 62.0 Å². The molecule has 4 rings (SSSR count). The molecule has 2 fully saturated rings. The highest BCUT2D eigenvalue weighted by molar-refractivity contribution is 5.91. The molecule has 0 radical (unpaired) electrons. The summed E-state index contributed by atoms with van der Waals surface area (Å²) in [5.74, 6) is 0.712. The maximum atomic E-state index is 13.4. The maximum Gasteiger partial charge on any atom is 0.231 e. The Morgan fingerprint density at radius 2 is 1.86 bits per heavy atom. The number of hydrogen-bond acceptors (Lipinski definition) is 4. The second-order valence-electron chi connectivity index (χ2n) is 8.03. The Kier molecular flexibility index (Phi) is 5.95. The molecule has 1 saturated heterocycles. The molecule has 1 saturated carbocycles. The summed E-state index contributed by atoms with van der Waals surface area (Å²) in [7, 11) is 0. The summed E-state index contributed by atoms with van der Waals surface area (Å²) in [6.45, 7) is 3.06. The van der Waals surface area contributed by atoms with Gasteiger partial charge in [0, 0.05) is 6.54 Å². The lowest BCUT2D eigenvalue weighted by Gasteiger charge is -2.27. The van der Waals surface area contributed by atoms with Crippen molar-refractivity contribution in [3.63, 3.8) is 0 Å². The number of rotatable bonds is 9. The SMILES string of the molecule is O=CCOc1cccc(C2(C(=O)N[C@H](CN3CCCC3)c3ccccc3)CC2)c1. The molecular weight excluding hydrogens is 364 g/mol. The zero-order valence-electron chi connectivity index (χ0n) is 16.7. The molecule has 29 heavy (non-hydrogen) atoms. The van der Waals surface area contributed by atoms with Crippen molar-refractivity contribution in [2.75, 3.05) is 26.2 Å². The van der Waals surface area contributed by atoms with Crippen LogP contribution in [0.1, 0.15) is 42.9 Å². The van der Waals surface area contributed by atoms with Crippen LogP contribution in [-0.4, -0.2) is 43.3 Å². The number of nitrogens with zero attached hydrogens (tertiary/aromatic N) is 1. The largest absolute Gasteiger partial charge is 0.486 e. The molecule has 5 heteroatoms. The minimum absolute atomic E-state index is 0.0197. The van der Waals surface area contributed by atoms with Crippen LogP contribution >= 0.6 is 0 Å². The minimum Gasteiger partial charge on any atom is -0.486 e. The maximum absolute atomic E-state index is 13.4. The summed E-state index contributed by atoms with van der Waals surface area (Å²) in [6.07, 6.45) is 4.86. The summed E-state index contributed by atoms with van der Waals surface area (Å²) in [6, 6.07) is 17.8. The van der Waals surface area contributed by atoms with Gasteiger partial charge in [0.25, 0.3) is 0 Å². The van der Waals surface area contributed by atoms with Crippen LogP contribution in [-0.2, 0) is 15.0 Å². The van der Waals surface area contributed by atoms with Gasteiger partial charge in [-0.1, -0.05) is 42.5 Å². The first-order valence-electron chi connectivity index (χ1n) is 10.5. The Labute approximate surface area is 172 Å². The smallest absolute Gasteiger partial charge is 0.231 e. The van der Waals surface area contributed by atoms with E-state index in [4.69, 9.17) is 4.74 Å². The molecule has 1 aliphatic heterocycles. The predicted octanol–water partition coefficient (Wildman–Crippen LogP) is 3.25. The Hall–Kier alpha value is -2.66. The number of ether oxygens (including phenoxy) is 1. The number of nitrogens with one attached hydrogen (secondary N) is 1. The molecular formula is C24H28N2O3. The first kappa shape index (κ1) is 19.6. The van der Waals surface area contributed by atoms with E-state index in [1.807, 2.05) is 42.5 Å². The monoisotopic (exact) mass is 392 g/mol. The fraction of sp³-hybridized carbons (Fsp3) is 0.417. The second kappa shape index (κ2) is 8.78. The molecule has 0 bridgehead atoms. The standard InChI is InChI=1S/C24H28N2O3/c27-15-16-29-21-10-6-9-20(17-21)24(11-12-24)23(28)25-22(18-26-13-4-5-14-26)19-7-2-1-3-8-19/h1-3,6-10,15,17,22H,4-5,11-14,16,18H2,(H,25,28)/t22-/m1/s1. The van der Waals surface area contributed by atoms with E-state index in [9.17, 15) is 9.59 Å². The Bertz CT molecular complexity index is 842. The van der Waals surface area contributed by atoms with Gasteiger partial charge in [-0.2, -0.15) is 0 Å². The van der Waals surface area contributed by atoms with Gasteiger partial charge in [-0.15, -0.1) is 0 Å². The van der Waals surface area contributed by atoms with Gasteiger partial charge < -0.3 is 15.0 Å². The molecule has 5 nitrogen and oxygen atoms in total. The van der Waals surface area contributed by atoms with Crippen LogP contribution in [0.15, 0.2) is 54.6 Å². The molecule has 2 aliphatic rings. The Morgan fingerprint density at radius 3 is 2.55 bits per heavy atom. The van der Waals surface area contributed by atoms with E-state index in [-0.39, 0.29) is 18.6 Å². The van der Waals surface area contributed by atoms with E-state index in [1.54, 1.807) is 0 Å². The third kappa shape index (κ3) is 4.51. The molecule has 0 aromatic heterocycles. The summed E-state index contributed by atoms with van der Waals surface area (Å²) in [5.41, 5.74) is 1.62. The van der Waals surface area contributed by atoms with Crippen LogP contribution in [0.25, 0.3) is 0 Å². The fourth-order valence-corrected chi connectivity index (χ4v) is 4.23. The quantitative estimate of drug-likeness (QED) is 0.666. The summed E-state index contributed by atoms with van der Waals surface area (Å²) >= 11 is 0. The van der Waals surface area contributed by atoms with Gasteiger partial charge in [0.15, 0.2) is 6.29 Å². The summed E-state index contributed by atoms with van der Waals surface area (Å²) in [5, 5.41) is 3.35. The van der Waals surface area contributed by atoms with Crippen LogP contribution in [0.4, 0.5) is 0 Å². The van der Waals surface area contributed by atoms with Crippen molar-refractivity contribution in [3.8, 4) is 5.75 Å². The average Bonchev–Trinajstić information content (AvgIpc) is 3.43. The molecule has 2 aromatic rings. The fourth-order valence-electron chi connectivity index (χ4n) is 4.23. The van der Waals surface area contributed by atoms with E-state index in [0.29, 0.717) is 5.75 Å². The molecule has 0 spiro atoms. The van der Waals surface area contributed by atoms with Crippen LogP contribution in [0.5, 0.6) is 5.75 Å². The summed E-state index contributed by atoms with van der Waals surface area (Å²) < 4.78 is 5.43. The average molecular weight is 392 g/mol. The number of benzene rings is 2. The zero-order chi connectivity index (χ0) is 20.1. The van der Waals surface area contributed by atoms with E-state index >= 15 is 0 Å². The topological polar surface area (TPSA) is 58.6 Å². The highest BCUT2D eigenvalue weighted by atomic mass is 16.5. The highest BCUT2D eigenvalue weighted by Gasteiger charge is 2.51. The Balaban J connectivity index is 1.51. The van der Waals surface area contributed by atoms with Crippen molar-refractivity contribution in [2.24, 2.45) is 0 Å². The number of aldehydes is 1. The molecule has 1 heterocycles. The third-order valence-corrected chi connectivity index (χ3v) is 6.04. The normalized spacial score (nSPS) is 18.8. The lowest BCUT2D eigenvalue weighted by Crippen LogP contribution is -2.41. The van der Waals surface area contributed by atoms with E-state index < -0.39 is 5.41 Å². The van der Waals surface area contributed by atoms with Gasteiger partial charge in [-0.3, -0.25) is 9.59 Å². The lowest BCUT2D eigenvalue weighted by atomic mass is 9.93. The van der Waals surface area contributed by atoms with Crippen LogP contribution in [0.3, 0.4) is 0 Å². The van der Waals surface area contributed by atoms with E-state index in [2.05, 4.69) is 22.3 Å². The molecule has 0 unspecified atom stereocenters. The summed E-state index contributed by atoms with van der Waals surface area (Å²) in [4.78, 5) is 26.4. The van der Waals surface area contributed by atoms with Crippen molar-refractivity contribution < 1.29 is 14.3 Å². The van der Waals surface area contributed by atoms with Crippen LogP contribution in [0, 0.1) is 0 Å². The number of hydrogen-bond donors (Lipinski definition) is 1. The van der Waals surface area contributed by atoms with Crippen molar-refractivity contribution in [3.05, 3.63) is 65.7 Å². The predicted molar refractivity (Wildman–Crippen MR) is 112 cm³/mol. The molecule has 2 aromatic carbocycles. The zero-order valence-corrected chi connectivity index (χ0v) is 16.7. The first-order chi connectivity index (χ1) is 14.2. The molecule has 1 atom stereocenters. The van der Waals surface area contributed by atoms with Crippen LogP contribution in [0.2, 0.25) is 0 Å². The van der Waals surface area contributed by atoms with Crippen molar-refractivity contribution in [1.29, 1.82) is 0 Å². The second-order valence-corrected chi connectivity index (χ2v) is 8.03. The van der Waals surface area contributed by atoms with Gasteiger partial charge in [0.05, 0.1) is 11.5 Å². The van der Waals surface area contributed by atoms with E-state index in [1.165, 1.54) is 12.8 Å².